The van der Waals surface area contributed by atoms with Gasteiger partial charge in [0.1, 0.15) is 17.2 Å². The molecular formula is C35H37FN10O3. The van der Waals surface area contributed by atoms with E-state index < -0.39 is 12.4 Å². The second-order valence-corrected chi connectivity index (χ2v) is 13.2. The summed E-state index contributed by atoms with van der Waals surface area (Å²) in [4.78, 5) is 41.8. The number of pyridine rings is 1. The van der Waals surface area contributed by atoms with Crippen LogP contribution in [0.15, 0.2) is 42.9 Å². The average molecular weight is 665 g/mol. The standard InChI is InChI=1S/C35H37FN10O3/c36-21-13-25(27(17-47)29(14-21)46-8-6-28-26(35(46)48)15-22-3-1-2-7-45(22)28)32-41-33-31(38-20-39-33)34(42-32)40-30-5-4-23(16-37-30)43-9-11-44(12-10-43)24-18-49-19-24/h4-5,13-16,20,24,47H,1-3,6-12,17-19H2,(H2,37,38,39,40,41,42). The molecule has 1 amide bonds. The first kappa shape index (κ1) is 30.2. The van der Waals surface area contributed by atoms with Crippen LogP contribution in [-0.4, -0.2) is 97.4 Å². The molecule has 252 valence electrons. The Bertz CT molecular complexity index is 2050. The van der Waals surface area contributed by atoms with Gasteiger partial charge >= 0.3 is 0 Å². The molecule has 0 unspecified atom stereocenters. The van der Waals surface area contributed by atoms with Crippen LogP contribution in [0.25, 0.3) is 22.6 Å². The van der Waals surface area contributed by atoms with Gasteiger partial charge in [0.05, 0.1) is 55.3 Å². The number of ether oxygens (including phenoxy) is 1. The van der Waals surface area contributed by atoms with Crippen molar-refractivity contribution in [2.45, 2.75) is 44.9 Å². The largest absolute Gasteiger partial charge is 0.392 e. The SMILES string of the molecule is O=C1c2cc3n(c2CCN1c1cc(F)cc(-c2nc(Nc4ccc(N5CCN(C6COC6)CC5)cn4)c4[nH]cnc4n2)c1CO)CCCC3. The van der Waals surface area contributed by atoms with E-state index in [0.717, 1.165) is 76.6 Å². The number of aryl methyl sites for hydroxylation is 1. The Balaban J connectivity index is 1.01. The number of imidazole rings is 1. The number of nitrogens with zero attached hydrogens (tertiary/aromatic N) is 8. The third kappa shape index (κ3) is 5.30. The summed E-state index contributed by atoms with van der Waals surface area (Å²) in [7, 11) is 0. The minimum Gasteiger partial charge on any atom is -0.392 e. The topological polar surface area (TPSA) is 141 Å². The molecule has 0 aliphatic carbocycles. The number of rotatable bonds is 7. The Morgan fingerprint density at radius 3 is 2.63 bits per heavy atom. The maximum Gasteiger partial charge on any atom is 0.260 e. The lowest BCUT2D eigenvalue weighted by molar-refractivity contribution is -0.0660. The molecule has 14 heteroatoms. The van der Waals surface area contributed by atoms with Gasteiger partial charge in [0.25, 0.3) is 5.91 Å². The molecule has 4 aromatic heterocycles. The molecule has 0 atom stereocenters. The van der Waals surface area contributed by atoms with Gasteiger partial charge in [-0.25, -0.2) is 24.3 Å². The zero-order valence-corrected chi connectivity index (χ0v) is 27.0. The number of aliphatic hydroxyl groups is 1. The summed E-state index contributed by atoms with van der Waals surface area (Å²) in [5.74, 6) is 0.396. The highest BCUT2D eigenvalue weighted by Crippen LogP contribution is 2.37. The highest BCUT2D eigenvalue weighted by Gasteiger charge is 2.33. The van der Waals surface area contributed by atoms with Crippen LogP contribution >= 0.6 is 0 Å². The van der Waals surface area contributed by atoms with Crippen LogP contribution in [0.2, 0.25) is 0 Å². The number of anilines is 4. The van der Waals surface area contributed by atoms with Gasteiger partial charge in [-0.15, -0.1) is 0 Å². The van der Waals surface area contributed by atoms with E-state index in [1.54, 1.807) is 4.90 Å². The normalized spacial score (nSPS) is 18.4. The van der Waals surface area contributed by atoms with Crippen LogP contribution < -0.4 is 15.1 Å². The number of nitrogens with one attached hydrogen (secondary N) is 2. The van der Waals surface area contributed by atoms with Crippen LogP contribution in [0.3, 0.4) is 0 Å². The van der Waals surface area contributed by atoms with Crippen molar-refractivity contribution in [1.29, 1.82) is 0 Å². The van der Waals surface area contributed by atoms with Crippen LogP contribution in [-0.2, 0) is 30.7 Å². The number of benzene rings is 1. The van der Waals surface area contributed by atoms with E-state index in [1.165, 1.54) is 24.2 Å². The molecule has 8 heterocycles. The van der Waals surface area contributed by atoms with Gasteiger partial charge in [-0.05, 0) is 49.6 Å². The zero-order valence-electron chi connectivity index (χ0n) is 27.0. The van der Waals surface area contributed by atoms with Gasteiger partial charge in [0, 0.05) is 68.2 Å². The summed E-state index contributed by atoms with van der Waals surface area (Å²) in [6.07, 6.45) is 7.17. The second-order valence-electron chi connectivity index (χ2n) is 13.2. The molecular weight excluding hydrogens is 627 g/mol. The average Bonchev–Trinajstić information content (AvgIpc) is 3.74. The quantitative estimate of drug-likeness (QED) is 0.236. The van der Waals surface area contributed by atoms with Crippen LogP contribution in [0.4, 0.5) is 27.4 Å². The molecule has 0 spiro atoms. The summed E-state index contributed by atoms with van der Waals surface area (Å²) in [6.45, 7) is 6.35. The number of aliphatic hydroxyl groups excluding tert-OH is 1. The van der Waals surface area contributed by atoms with Crippen LogP contribution in [0, 0.1) is 5.82 Å². The fourth-order valence-electron chi connectivity index (χ4n) is 7.68. The molecule has 9 rings (SSSR count). The number of fused-ring (bicyclic) bond motifs is 4. The fraction of sp³-hybridized carbons (Fsp3) is 0.400. The van der Waals surface area contributed by atoms with E-state index in [1.807, 2.05) is 24.4 Å². The van der Waals surface area contributed by atoms with Crippen molar-refractivity contribution in [2.24, 2.45) is 0 Å². The highest BCUT2D eigenvalue weighted by molar-refractivity contribution is 6.09. The molecule has 13 nitrogen and oxygen atoms in total. The summed E-state index contributed by atoms with van der Waals surface area (Å²) in [5.41, 5.74) is 5.83. The zero-order chi connectivity index (χ0) is 33.1. The van der Waals surface area contributed by atoms with E-state index in [0.29, 0.717) is 58.6 Å². The lowest BCUT2D eigenvalue weighted by Gasteiger charge is -2.43. The number of amides is 1. The molecule has 2 saturated heterocycles. The molecule has 4 aliphatic rings. The second kappa shape index (κ2) is 12.2. The van der Waals surface area contributed by atoms with E-state index in [4.69, 9.17) is 9.72 Å². The van der Waals surface area contributed by atoms with Gasteiger partial charge < -0.3 is 34.5 Å². The Hall–Kier alpha value is -4.92. The van der Waals surface area contributed by atoms with Crippen molar-refractivity contribution in [2.75, 3.05) is 61.1 Å². The van der Waals surface area contributed by atoms with E-state index >= 15 is 4.39 Å². The maximum absolute atomic E-state index is 15.4. The first-order valence-electron chi connectivity index (χ1n) is 17.0. The Labute approximate surface area is 281 Å². The van der Waals surface area contributed by atoms with Gasteiger partial charge in [-0.3, -0.25) is 9.69 Å². The molecule has 0 radical (unpaired) electrons. The number of piperazine rings is 1. The lowest BCUT2D eigenvalue weighted by atomic mass is 10.00. The molecule has 0 saturated carbocycles. The number of carbonyl (C=O) groups is 1. The minimum atomic E-state index is -0.559. The molecule has 1 aromatic carbocycles. The molecule has 0 bridgehead atoms. The number of aromatic nitrogens is 6. The predicted octanol–water partition coefficient (Wildman–Crippen LogP) is 3.65. The Morgan fingerprint density at radius 2 is 1.86 bits per heavy atom. The van der Waals surface area contributed by atoms with Gasteiger partial charge in [-0.1, -0.05) is 0 Å². The first-order valence-corrected chi connectivity index (χ1v) is 17.0. The molecule has 49 heavy (non-hydrogen) atoms. The van der Waals surface area contributed by atoms with E-state index in [9.17, 15) is 9.90 Å². The third-order valence-corrected chi connectivity index (χ3v) is 10.4. The predicted molar refractivity (Wildman–Crippen MR) is 182 cm³/mol. The molecule has 4 aliphatic heterocycles. The molecule has 2 fully saturated rings. The summed E-state index contributed by atoms with van der Waals surface area (Å²) in [6, 6.07) is 9.08. The van der Waals surface area contributed by atoms with Crippen LogP contribution in [0.1, 0.15) is 40.2 Å². The number of halogens is 1. The van der Waals surface area contributed by atoms with Gasteiger partial charge in [0.2, 0.25) is 0 Å². The van der Waals surface area contributed by atoms with Crippen molar-refractivity contribution in [1.82, 2.24) is 34.4 Å². The monoisotopic (exact) mass is 664 g/mol. The van der Waals surface area contributed by atoms with Crippen molar-refractivity contribution in [3.63, 3.8) is 0 Å². The summed E-state index contributed by atoms with van der Waals surface area (Å²) < 4.78 is 23.1. The van der Waals surface area contributed by atoms with Gasteiger partial charge in [-0.2, -0.15) is 0 Å². The van der Waals surface area contributed by atoms with Crippen molar-refractivity contribution < 1.29 is 19.0 Å². The summed E-state index contributed by atoms with van der Waals surface area (Å²) >= 11 is 0. The van der Waals surface area contributed by atoms with Crippen molar-refractivity contribution in [3.8, 4) is 11.4 Å². The van der Waals surface area contributed by atoms with E-state index in [-0.39, 0.29) is 17.3 Å². The highest BCUT2D eigenvalue weighted by atomic mass is 19.1. The van der Waals surface area contributed by atoms with Crippen molar-refractivity contribution >= 4 is 40.1 Å². The number of hydrogen-bond donors (Lipinski definition) is 3. The third-order valence-electron chi connectivity index (χ3n) is 10.4. The number of hydrogen-bond acceptors (Lipinski definition) is 10. The molecule has 5 aromatic rings. The maximum atomic E-state index is 15.4. The first-order chi connectivity index (χ1) is 24.0. The minimum absolute atomic E-state index is 0.169. The smallest absolute Gasteiger partial charge is 0.260 e. The molecule has 3 N–H and O–H groups in total. The van der Waals surface area contributed by atoms with E-state index in [2.05, 4.69) is 39.6 Å². The Kier molecular flexibility index (Phi) is 7.51. The number of H-pyrrole nitrogens is 1. The lowest BCUT2D eigenvalue weighted by Crippen LogP contribution is -2.56. The summed E-state index contributed by atoms with van der Waals surface area (Å²) in [5, 5.41) is 14.0. The fourth-order valence-corrected chi connectivity index (χ4v) is 7.68. The number of carbonyl (C=O) groups excluding carboxylic acids is 1. The van der Waals surface area contributed by atoms with Gasteiger partial charge in [0.15, 0.2) is 17.3 Å². The Morgan fingerprint density at radius 1 is 0.980 bits per heavy atom. The number of aromatic amines is 1. The van der Waals surface area contributed by atoms with Crippen LogP contribution in [0.5, 0.6) is 0 Å². The van der Waals surface area contributed by atoms with Crippen molar-refractivity contribution in [3.05, 3.63) is 71.2 Å².